The quantitative estimate of drug-likeness (QED) is 0.537. The zero-order chi connectivity index (χ0) is 20.1. The van der Waals surface area contributed by atoms with Crippen LogP contribution in [0.3, 0.4) is 0 Å². The maximum atomic E-state index is 14.4. The number of halogens is 1. The molecule has 1 aromatic heterocycles. The standard InChI is InChI=1S/C20H29FN6O/c1-5-22-20(23-11-19-26-25-14(3)27(19)4)24-13(2)16-8-9-18(17(21)10-16)28-12-15-6-7-15/h8-10,13,15H,5-7,11-12H2,1-4H3,(H2,22,23,24). The van der Waals surface area contributed by atoms with Crippen LogP contribution in [-0.2, 0) is 13.6 Å². The maximum Gasteiger partial charge on any atom is 0.192 e. The third kappa shape index (κ3) is 5.21. The van der Waals surface area contributed by atoms with Crippen molar-refractivity contribution in [3.8, 4) is 5.75 Å². The number of benzene rings is 1. The van der Waals surface area contributed by atoms with Gasteiger partial charge in [-0.2, -0.15) is 0 Å². The summed E-state index contributed by atoms with van der Waals surface area (Å²) in [5, 5.41) is 14.7. The molecule has 1 aromatic carbocycles. The number of guanidine groups is 1. The molecular weight excluding hydrogens is 359 g/mol. The van der Waals surface area contributed by atoms with Crippen LogP contribution in [0.1, 0.15) is 49.9 Å². The number of hydrogen-bond donors (Lipinski definition) is 2. The highest BCUT2D eigenvalue weighted by Crippen LogP contribution is 2.30. The Morgan fingerprint density at radius 1 is 1.39 bits per heavy atom. The highest BCUT2D eigenvalue weighted by molar-refractivity contribution is 5.80. The fraction of sp³-hybridized carbons (Fsp3) is 0.550. The highest BCUT2D eigenvalue weighted by atomic mass is 19.1. The van der Waals surface area contributed by atoms with Gasteiger partial charge in [-0.25, -0.2) is 9.38 Å². The molecule has 2 N–H and O–H groups in total. The summed E-state index contributed by atoms with van der Waals surface area (Å²) in [5.41, 5.74) is 0.830. The first kappa shape index (κ1) is 20.1. The van der Waals surface area contributed by atoms with Crippen LogP contribution in [0, 0.1) is 18.7 Å². The van der Waals surface area contributed by atoms with Gasteiger partial charge in [0.2, 0.25) is 0 Å². The van der Waals surface area contributed by atoms with Crippen molar-refractivity contribution in [1.29, 1.82) is 0 Å². The first-order valence-electron chi connectivity index (χ1n) is 9.79. The Balaban J connectivity index is 1.63. The summed E-state index contributed by atoms with van der Waals surface area (Å²) in [6, 6.07) is 5.00. The summed E-state index contributed by atoms with van der Waals surface area (Å²) in [6.45, 7) is 7.60. The number of aryl methyl sites for hydroxylation is 1. The molecule has 1 aliphatic carbocycles. The van der Waals surface area contributed by atoms with E-state index in [0.717, 1.165) is 23.8 Å². The van der Waals surface area contributed by atoms with E-state index in [0.29, 0.717) is 30.8 Å². The summed E-state index contributed by atoms with van der Waals surface area (Å²) in [6.07, 6.45) is 2.36. The van der Waals surface area contributed by atoms with Crippen molar-refractivity contribution < 1.29 is 9.13 Å². The van der Waals surface area contributed by atoms with Crippen LogP contribution in [0.15, 0.2) is 23.2 Å². The Morgan fingerprint density at radius 3 is 2.79 bits per heavy atom. The van der Waals surface area contributed by atoms with E-state index < -0.39 is 0 Å². The van der Waals surface area contributed by atoms with Gasteiger partial charge in [-0.05, 0) is 57.2 Å². The van der Waals surface area contributed by atoms with Crippen molar-refractivity contribution in [1.82, 2.24) is 25.4 Å². The first-order chi connectivity index (χ1) is 13.5. The first-order valence-corrected chi connectivity index (χ1v) is 9.79. The molecule has 0 aliphatic heterocycles. The second-order valence-electron chi connectivity index (χ2n) is 7.23. The molecule has 1 saturated carbocycles. The van der Waals surface area contributed by atoms with Crippen LogP contribution in [0.5, 0.6) is 5.75 Å². The number of aromatic nitrogens is 3. The lowest BCUT2D eigenvalue weighted by atomic mass is 10.1. The minimum Gasteiger partial charge on any atom is -0.490 e. The minimum atomic E-state index is -0.330. The number of nitrogens with one attached hydrogen (secondary N) is 2. The van der Waals surface area contributed by atoms with Crippen molar-refractivity contribution in [2.45, 2.75) is 46.2 Å². The Morgan fingerprint density at radius 2 is 2.18 bits per heavy atom. The van der Waals surface area contributed by atoms with Crippen LogP contribution in [0.4, 0.5) is 4.39 Å². The SMILES string of the molecule is CCNC(=NCc1nnc(C)n1C)NC(C)c1ccc(OCC2CC2)c(F)c1. The van der Waals surface area contributed by atoms with Crippen LogP contribution in [0.2, 0.25) is 0 Å². The lowest BCUT2D eigenvalue weighted by molar-refractivity contribution is 0.285. The van der Waals surface area contributed by atoms with Crippen LogP contribution >= 0.6 is 0 Å². The fourth-order valence-corrected chi connectivity index (χ4v) is 2.74. The summed E-state index contributed by atoms with van der Waals surface area (Å²) >= 11 is 0. The van der Waals surface area contributed by atoms with Crippen molar-refractivity contribution in [2.75, 3.05) is 13.2 Å². The van der Waals surface area contributed by atoms with Crippen LogP contribution < -0.4 is 15.4 Å². The molecule has 1 fully saturated rings. The summed E-state index contributed by atoms with van der Waals surface area (Å²) in [4.78, 5) is 4.57. The second-order valence-corrected chi connectivity index (χ2v) is 7.23. The van der Waals surface area contributed by atoms with Gasteiger partial charge < -0.3 is 19.9 Å². The van der Waals surface area contributed by atoms with E-state index in [4.69, 9.17) is 4.74 Å². The molecule has 0 amide bonds. The van der Waals surface area contributed by atoms with Gasteiger partial charge in [0.25, 0.3) is 0 Å². The molecule has 3 rings (SSSR count). The van der Waals surface area contributed by atoms with Crippen molar-refractivity contribution in [3.05, 3.63) is 41.2 Å². The van der Waals surface area contributed by atoms with Crippen LogP contribution in [-0.4, -0.2) is 33.9 Å². The van der Waals surface area contributed by atoms with E-state index in [9.17, 15) is 4.39 Å². The molecule has 28 heavy (non-hydrogen) atoms. The fourth-order valence-electron chi connectivity index (χ4n) is 2.74. The number of ether oxygens (including phenoxy) is 1. The highest BCUT2D eigenvalue weighted by Gasteiger charge is 2.22. The molecule has 1 aliphatic rings. The summed E-state index contributed by atoms with van der Waals surface area (Å²) < 4.78 is 21.8. The Hall–Kier alpha value is -2.64. The molecule has 1 atom stereocenters. The van der Waals surface area contributed by atoms with Gasteiger partial charge in [0.1, 0.15) is 12.4 Å². The average molecular weight is 388 g/mol. The van der Waals surface area contributed by atoms with Gasteiger partial charge >= 0.3 is 0 Å². The predicted molar refractivity (Wildman–Crippen MR) is 107 cm³/mol. The molecule has 2 aromatic rings. The molecule has 0 saturated heterocycles. The zero-order valence-corrected chi connectivity index (χ0v) is 17.0. The van der Waals surface area contributed by atoms with Crippen molar-refractivity contribution in [3.63, 3.8) is 0 Å². The van der Waals surface area contributed by atoms with Gasteiger partial charge in [0.15, 0.2) is 23.4 Å². The number of rotatable bonds is 8. The predicted octanol–water partition coefficient (Wildman–Crippen LogP) is 2.87. The lowest BCUT2D eigenvalue weighted by Crippen LogP contribution is -2.38. The molecular formula is C20H29FN6O. The lowest BCUT2D eigenvalue weighted by Gasteiger charge is -2.19. The van der Waals surface area contributed by atoms with Crippen molar-refractivity contribution in [2.24, 2.45) is 18.0 Å². The number of aliphatic imine (C=N–C) groups is 1. The third-order valence-electron chi connectivity index (χ3n) is 4.89. The normalized spacial score (nSPS) is 15.4. The monoisotopic (exact) mass is 388 g/mol. The Labute approximate surface area is 165 Å². The number of nitrogens with zero attached hydrogens (tertiary/aromatic N) is 4. The Bertz CT molecular complexity index is 830. The molecule has 7 nitrogen and oxygen atoms in total. The van der Waals surface area contributed by atoms with E-state index in [1.807, 2.05) is 38.5 Å². The summed E-state index contributed by atoms with van der Waals surface area (Å²) in [7, 11) is 1.92. The van der Waals surface area contributed by atoms with E-state index in [2.05, 4.69) is 25.8 Å². The van der Waals surface area contributed by atoms with Gasteiger partial charge in [-0.3, -0.25) is 0 Å². The van der Waals surface area contributed by atoms with Crippen LogP contribution in [0.25, 0.3) is 0 Å². The smallest absolute Gasteiger partial charge is 0.192 e. The van der Waals surface area contributed by atoms with E-state index in [-0.39, 0.29) is 11.9 Å². The van der Waals surface area contributed by atoms with E-state index in [1.165, 1.54) is 18.9 Å². The molecule has 152 valence electrons. The zero-order valence-electron chi connectivity index (χ0n) is 17.0. The molecule has 0 spiro atoms. The maximum absolute atomic E-state index is 14.4. The summed E-state index contributed by atoms with van der Waals surface area (Å²) in [5.74, 6) is 2.85. The topological polar surface area (TPSA) is 76.4 Å². The average Bonchev–Trinajstić information content (AvgIpc) is 3.45. The van der Waals surface area contributed by atoms with E-state index in [1.54, 1.807) is 6.07 Å². The third-order valence-corrected chi connectivity index (χ3v) is 4.89. The molecule has 0 bridgehead atoms. The largest absolute Gasteiger partial charge is 0.490 e. The van der Waals surface area contributed by atoms with Crippen molar-refractivity contribution >= 4 is 5.96 Å². The second kappa shape index (κ2) is 9.03. The Kier molecular flexibility index (Phi) is 6.49. The van der Waals surface area contributed by atoms with Gasteiger partial charge in [0.05, 0.1) is 12.6 Å². The van der Waals surface area contributed by atoms with E-state index >= 15 is 0 Å². The van der Waals surface area contributed by atoms with Gasteiger partial charge in [-0.1, -0.05) is 6.07 Å². The molecule has 1 unspecified atom stereocenters. The molecule has 1 heterocycles. The minimum absolute atomic E-state index is 0.119. The molecule has 0 radical (unpaired) electrons. The van der Waals surface area contributed by atoms with Gasteiger partial charge in [-0.15, -0.1) is 10.2 Å². The molecule has 8 heteroatoms. The number of hydrogen-bond acceptors (Lipinski definition) is 4. The van der Waals surface area contributed by atoms with Gasteiger partial charge in [0, 0.05) is 13.6 Å².